The van der Waals surface area contributed by atoms with Crippen molar-refractivity contribution in [3.05, 3.63) is 34.9 Å². The van der Waals surface area contributed by atoms with Crippen LogP contribution in [0.5, 0.6) is 0 Å². The summed E-state index contributed by atoms with van der Waals surface area (Å²) in [6, 6.07) is 6.51. The van der Waals surface area contributed by atoms with E-state index < -0.39 is 0 Å². The molecular formula is C19H25N2O2+. The molecule has 0 aromatic heterocycles. The topological polar surface area (TPSA) is 40.5 Å². The molecular weight excluding hydrogens is 288 g/mol. The molecule has 4 nitrogen and oxygen atoms in total. The van der Waals surface area contributed by atoms with E-state index >= 15 is 0 Å². The van der Waals surface area contributed by atoms with E-state index in [-0.39, 0.29) is 16.6 Å². The van der Waals surface area contributed by atoms with Crippen molar-refractivity contribution in [1.82, 2.24) is 4.90 Å². The predicted octanol–water partition coefficient (Wildman–Crippen LogP) is 2.56. The molecule has 0 unspecified atom stereocenters. The number of aryl methyl sites for hydroxylation is 1. The van der Waals surface area contributed by atoms with E-state index in [1.54, 1.807) is 0 Å². The summed E-state index contributed by atoms with van der Waals surface area (Å²) in [5.41, 5.74) is 3.68. The zero-order valence-electron chi connectivity index (χ0n) is 13.6. The number of hydrogen-bond donors (Lipinski definition) is 1. The van der Waals surface area contributed by atoms with Crippen LogP contribution in [-0.4, -0.2) is 52.9 Å². The normalized spacial score (nSPS) is 38.6. The number of hydrogen-bond acceptors (Lipinski definition) is 2. The molecule has 0 spiro atoms. The van der Waals surface area contributed by atoms with Crippen molar-refractivity contribution in [2.24, 2.45) is 5.92 Å². The molecule has 0 radical (unpaired) electrons. The Labute approximate surface area is 137 Å². The van der Waals surface area contributed by atoms with E-state index in [0.717, 1.165) is 51.0 Å². The van der Waals surface area contributed by atoms with Crippen molar-refractivity contribution in [3.63, 3.8) is 0 Å². The Bertz CT molecular complexity index is 663. The zero-order valence-corrected chi connectivity index (χ0v) is 13.6. The van der Waals surface area contributed by atoms with E-state index in [1.165, 1.54) is 24.0 Å². The minimum Gasteiger partial charge on any atom is -0.329 e. The van der Waals surface area contributed by atoms with Gasteiger partial charge in [-0.3, -0.25) is 4.79 Å². The minimum absolute atomic E-state index is 0.183. The molecule has 3 saturated heterocycles. The number of quaternary nitrogens is 1. The second kappa shape index (κ2) is 4.81. The Kier molecular flexibility index (Phi) is 2.92. The SMILES string of the molecule is O=C1c2cccc3c2[C@H](CCC3)CN1[C@@H]1C[N+]2(O)CCC1CC2. The first-order valence-corrected chi connectivity index (χ1v) is 9.16. The number of fused-ring (bicyclic) bond motifs is 3. The minimum atomic E-state index is 0.183. The van der Waals surface area contributed by atoms with Gasteiger partial charge in [0.25, 0.3) is 5.91 Å². The number of hydroxylamine groups is 3. The van der Waals surface area contributed by atoms with Gasteiger partial charge in [0, 0.05) is 30.9 Å². The quantitative estimate of drug-likeness (QED) is 0.810. The molecule has 6 rings (SSSR count). The van der Waals surface area contributed by atoms with Crippen molar-refractivity contribution in [2.45, 2.75) is 44.1 Å². The smallest absolute Gasteiger partial charge is 0.254 e. The van der Waals surface area contributed by atoms with Gasteiger partial charge in [-0.2, -0.15) is 4.65 Å². The van der Waals surface area contributed by atoms with Gasteiger partial charge < -0.3 is 4.90 Å². The molecule has 4 aliphatic heterocycles. The third kappa shape index (κ3) is 2.01. The van der Waals surface area contributed by atoms with Crippen LogP contribution in [0.4, 0.5) is 0 Å². The van der Waals surface area contributed by atoms with Crippen LogP contribution in [0.3, 0.4) is 0 Å². The Balaban J connectivity index is 1.53. The molecule has 3 fully saturated rings. The summed E-state index contributed by atoms with van der Waals surface area (Å²) in [7, 11) is 0. The first-order valence-electron chi connectivity index (χ1n) is 9.16. The lowest BCUT2D eigenvalue weighted by Crippen LogP contribution is -2.67. The van der Waals surface area contributed by atoms with Gasteiger partial charge >= 0.3 is 0 Å². The van der Waals surface area contributed by atoms with E-state index in [9.17, 15) is 10.0 Å². The number of benzene rings is 1. The molecule has 5 aliphatic rings. The molecule has 4 heteroatoms. The molecule has 122 valence electrons. The molecule has 2 atom stereocenters. The molecule has 1 amide bonds. The summed E-state index contributed by atoms with van der Waals surface area (Å²) in [4.78, 5) is 15.3. The Morgan fingerprint density at radius 3 is 2.78 bits per heavy atom. The highest BCUT2D eigenvalue weighted by Crippen LogP contribution is 2.42. The van der Waals surface area contributed by atoms with Gasteiger partial charge in [-0.05, 0) is 42.4 Å². The highest BCUT2D eigenvalue weighted by atomic mass is 16.5. The second-order valence-electron chi connectivity index (χ2n) is 8.05. The van der Waals surface area contributed by atoms with E-state index in [2.05, 4.69) is 17.0 Å². The van der Waals surface area contributed by atoms with Crippen molar-refractivity contribution in [1.29, 1.82) is 0 Å². The fourth-order valence-corrected chi connectivity index (χ4v) is 5.61. The standard InChI is InChI=1S/C19H25N2O2/c22-19-16-6-2-4-14-3-1-5-15(18(14)16)11-20(19)17-12-21(23)9-7-13(17)8-10-21/h2,4,6,13,15,17,23H,1,3,5,7-12H2/q+1/t13?,15-,17-,21?/m1/s1. The number of piperidine rings is 3. The molecule has 2 bridgehead atoms. The van der Waals surface area contributed by atoms with Crippen LogP contribution in [0.2, 0.25) is 0 Å². The molecule has 1 aromatic rings. The monoisotopic (exact) mass is 313 g/mol. The summed E-state index contributed by atoms with van der Waals surface area (Å²) >= 11 is 0. The van der Waals surface area contributed by atoms with Crippen LogP contribution < -0.4 is 0 Å². The third-order valence-corrected chi connectivity index (χ3v) is 6.82. The maximum Gasteiger partial charge on any atom is 0.254 e. The van der Waals surface area contributed by atoms with Crippen LogP contribution in [-0.2, 0) is 6.42 Å². The average molecular weight is 313 g/mol. The first-order chi connectivity index (χ1) is 11.1. The predicted molar refractivity (Wildman–Crippen MR) is 86.3 cm³/mol. The summed E-state index contributed by atoms with van der Waals surface area (Å²) in [5.74, 6) is 1.31. The Morgan fingerprint density at radius 1 is 1.17 bits per heavy atom. The number of amides is 1. The molecule has 1 N–H and O–H groups in total. The first kappa shape index (κ1) is 14.0. The summed E-state index contributed by atoms with van der Waals surface area (Å²) in [6.45, 7) is 3.34. The van der Waals surface area contributed by atoms with E-state index in [1.807, 2.05) is 6.07 Å². The van der Waals surface area contributed by atoms with Gasteiger partial charge in [-0.25, -0.2) is 5.21 Å². The van der Waals surface area contributed by atoms with Gasteiger partial charge in [0.2, 0.25) is 0 Å². The summed E-state index contributed by atoms with van der Waals surface area (Å²) in [5, 5.41) is 10.7. The summed E-state index contributed by atoms with van der Waals surface area (Å²) in [6.07, 6.45) is 5.67. The van der Waals surface area contributed by atoms with E-state index in [4.69, 9.17) is 0 Å². The third-order valence-electron chi connectivity index (χ3n) is 6.82. The largest absolute Gasteiger partial charge is 0.329 e. The molecule has 4 heterocycles. The van der Waals surface area contributed by atoms with Gasteiger partial charge in [0.05, 0.1) is 6.04 Å². The van der Waals surface area contributed by atoms with Gasteiger partial charge in [0.1, 0.15) is 19.6 Å². The second-order valence-corrected chi connectivity index (χ2v) is 8.05. The summed E-state index contributed by atoms with van der Waals surface area (Å²) < 4.78 is 0.183. The van der Waals surface area contributed by atoms with E-state index in [0.29, 0.717) is 11.8 Å². The maximum absolute atomic E-state index is 13.2. The lowest BCUT2D eigenvalue weighted by atomic mass is 9.75. The van der Waals surface area contributed by atoms with Crippen LogP contribution in [0, 0.1) is 5.92 Å². The van der Waals surface area contributed by atoms with Gasteiger partial charge in [-0.15, -0.1) is 0 Å². The van der Waals surface area contributed by atoms with Gasteiger partial charge in [0.15, 0.2) is 0 Å². The zero-order chi connectivity index (χ0) is 15.6. The number of rotatable bonds is 1. The van der Waals surface area contributed by atoms with Gasteiger partial charge in [-0.1, -0.05) is 12.1 Å². The maximum atomic E-state index is 13.2. The molecule has 0 saturated carbocycles. The van der Waals surface area contributed by atoms with Crippen LogP contribution >= 0.6 is 0 Å². The lowest BCUT2D eigenvalue weighted by molar-refractivity contribution is -1.11. The Morgan fingerprint density at radius 2 is 2.00 bits per heavy atom. The van der Waals surface area contributed by atoms with Crippen molar-refractivity contribution < 1.29 is 14.6 Å². The van der Waals surface area contributed by atoms with Crippen LogP contribution in [0.1, 0.15) is 53.1 Å². The molecule has 1 aliphatic carbocycles. The molecule has 23 heavy (non-hydrogen) atoms. The van der Waals surface area contributed by atoms with Crippen molar-refractivity contribution in [3.8, 4) is 0 Å². The Hall–Kier alpha value is -1.39. The molecule has 1 aromatic carbocycles. The van der Waals surface area contributed by atoms with Crippen LogP contribution in [0.25, 0.3) is 0 Å². The fourth-order valence-electron chi connectivity index (χ4n) is 5.61. The van der Waals surface area contributed by atoms with Crippen molar-refractivity contribution >= 4 is 5.91 Å². The van der Waals surface area contributed by atoms with Crippen LogP contribution in [0.15, 0.2) is 18.2 Å². The fraction of sp³-hybridized carbons (Fsp3) is 0.632. The highest BCUT2D eigenvalue weighted by molar-refractivity contribution is 5.97. The number of nitrogens with zero attached hydrogens (tertiary/aromatic N) is 2. The lowest BCUT2D eigenvalue weighted by Gasteiger charge is -2.52. The number of carbonyl (C=O) groups excluding carboxylic acids is 1. The highest BCUT2D eigenvalue weighted by Gasteiger charge is 2.50. The van der Waals surface area contributed by atoms with Crippen molar-refractivity contribution in [2.75, 3.05) is 26.2 Å². The average Bonchev–Trinajstić information content (AvgIpc) is 2.58. The number of carbonyl (C=O) groups is 1.